The molecule has 3 fully saturated rings. The highest BCUT2D eigenvalue weighted by Gasteiger charge is 2.73. The van der Waals surface area contributed by atoms with Gasteiger partial charge < -0.3 is 0 Å². The highest BCUT2D eigenvalue weighted by Crippen LogP contribution is 2.64. The number of imide groups is 1. The van der Waals surface area contributed by atoms with Crippen molar-refractivity contribution in [1.82, 2.24) is 14.9 Å². The Morgan fingerprint density at radius 2 is 1.58 bits per heavy atom. The SMILES string of the molecule is Cc1ccc(N2C(=O)[C@H]3[C@@H]4CCCN4C4(c5ccccc5-c5nc6cc(C)c(C)cc6nc54)[C@H]3C2=O)cc1. The molecule has 8 rings (SSSR count). The predicted molar refractivity (Wildman–Crippen MR) is 146 cm³/mol. The number of fused-ring (bicyclic) bond motifs is 11. The molecule has 6 nitrogen and oxygen atoms in total. The minimum Gasteiger partial charge on any atom is -0.284 e. The number of aryl methyl sites for hydroxylation is 3. The highest BCUT2D eigenvalue weighted by atomic mass is 16.2. The largest absolute Gasteiger partial charge is 0.284 e. The number of anilines is 1. The first kappa shape index (κ1) is 22.1. The molecule has 3 aromatic carbocycles. The third-order valence-electron chi connectivity index (χ3n) is 9.49. The van der Waals surface area contributed by atoms with E-state index < -0.39 is 17.4 Å². The lowest BCUT2D eigenvalue weighted by Gasteiger charge is -2.39. The van der Waals surface area contributed by atoms with E-state index in [2.05, 4.69) is 43.0 Å². The molecule has 1 aliphatic carbocycles. The molecule has 4 atom stereocenters. The summed E-state index contributed by atoms with van der Waals surface area (Å²) < 4.78 is 0. The molecule has 4 heterocycles. The summed E-state index contributed by atoms with van der Waals surface area (Å²) in [7, 11) is 0. The Morgan fingerprint density at radius 1 is 0.868 bits per heavy atom. The maximum atomic E-state index is 14.5. The summed E-state index contributed by atoms with van der Waals surface area (Å²) in [5.74, 6) is -1.14. The first-order valence-electron chi connectivity index (χ1n) is 13.5. The quantitative estimate of drug-likeness (QED) is 0.342. The standard InChI is InChI=1S/C32H28N4O2/c1-17-10-12-20(13-11-17)36-30(37)26-25-9-6-14-35(25)32(27(26)31(36)38)22-8-5-4-7-21(22)28-29(32)34-24-16-19(3)18(2)15-23(24)33-28/h4-5,7-8,10-13,15-16,25-27H,6,9,14H2,1-3H3/t25-,26-,27+,32?/m0/s1. The average Bonchev–Trinajstić information content (AvgIpc) is 3.62. The Kier molecular flexibility index (Phi) is 4.28. The lowest BCUT2D eigenvalue weighted by atomic mass is 9.75. The van der Waals surface area contributed by atoms with Crippen LogP contribution in [0.5, 0.6) is 0 Å². The Bertz CT molecular complexity index is 1710. The number of amides is 2. The fourth-order valence-electron chi connectivity index (χ4n) is 7.77. The van der Waals surface area contributed by atoms with Gasteiger partial charge in [-0.15, -0.1) is 0 Å². The van der Waals surface area contributed by atoms with Crippen LogP contribution in [0.2, 0.25) is 0 Å². The summed E-state index contributed by atoms with van der Waals surface area (Å²) in [5.41, 5.74) is 8.75. The monoisotopic (exact) mass is 500 g/mol. The zero-order valence-corrected chi connectivity index (χ0v) is 21.7. The molecule has 188 valence electrons. The van der Waals surface area contributed by atoms with E-state index >= 15 is 0 Å². The van der Waals surface area contributed by atoms with Gasteiger partial charge in [0.25, 0.3) is 0 Å². The van der Waals surface area contributed by atoms with Crippen LogP contribution in [-0.4, -0.2) is 39.3 Å². The van der Waals surface area contributed by atoms with Crippen LogP contribution in [0.15, 0.2) is 60.7 Å². The van der Waals surface area contributed by atoms with Crippen LogP contribution >= 0.6 is 0 Å². The van der Waals surface area contributed by atoms with Gasteiger partial charge in [0, 0.05) is 11.6 Å². The first-order chi connectivity index (χ1) is 18.4. The molecule has 3 saturated heterocycles. The summed E-state index contributed by atoms with van der Waals surface area (Å²) >= 11 is 0. The Hall–Kier alpha value is -3.90. The minimum atomic E-state index is -0.802. The number of aromatic nitrogens is 2. The van der Waals surface area contributed by atoms with E-state index in [0.717, 1.165) is 64.1 Å². The average molecular weight is 501 g/mol. The zero-order valence-electron chi connectivity index (χ0n) is 21.7. The first-order valence-corrected chi connectivity index (χ1v) is 13.5. The third kappa shape index (κ3) is 2.52. The molecule has 2 amide bonds. The van der Waals surface area contributed by atoms with E-state index in [-0.39, 0.29) is 17.9 Å². The number of nitrogens with zero attached hydrogens (tertiary/aromatic N) is 4. The molecular weight excluding hydrogens is 472 g/mol. The van der Waals surface area contributed by atoms with Crippen LogP contribution in [0, 0.1) is 32.6 Å². The van der Waals surface area contributed by atoms with Crippen molar-refractivity contribution >= 4 is 28.5 Å². The Balaban J connectivity index is 1.42. The molecule has 3 aliphatic heterocycles. The number of carbonyl (C=O) groups excluding carboxylic acids is 2. The van der Waals surface area contributed by atoms with Crippen molar-refractivity contribution in [1.29, 1.82) is 0 Å². The van der Waals surface area contributed by atoms with Gasteiger partial charge in [-0.1, -0.05) is 42.0 Å². The van der Waals surface area contributed by atoms with Crippen LogP contribution in [0.25, 0.3) is 22.3 Å². The number of rotatable bonds is 1. The van der Waals surface area contributed by atoms with Gasteiger partial charge in [0.05, 0.1) is 39.9 Å². The van der Waals surface area contributed by atoms with Gasteiger partial charge in [-0.05, 0) is 81.1 Å². The molecule has 0 saturated carbocycles. The van der Waals surface area contributed by atoms with Crippen molar-refractivity contribution in [3.8, 4) is 11.3 Å². The van der Waals surface area contributed by atoms with Gasteiger partial charge in [0.1, 0.15) is 5.54 Å². The van der Waals surface area contributed by atoms with E-state index in [1.807, 2.05) is 43.3 Å². The van der Waals surface area contributed by atoms with Crippen molar-refractivity contribution in [2.75, 3.05) is 11.4 Å². The van der Waals surface area contributed by atoms with Gasteiger partial charge in [-0.3, -0.25) is 14.5 Å². The van der Waals surface area contributed by atoms with Crippen LogP contribution in [-0.2, 0) is 15.1 Å². The van der Waals surface area contributed by atoms with Crippen LogP contribution in [0.4, 0.5) is 5.69 Å². The summed E-state index contributed by atoms with van der Waals surface area (Å²) in [6.07, 6.45) is 1.90. The van der Waals surface area contributed by atoms with Gasteiger partial charge in [0.15, 0.2) is 0 Å². The minimum absolute atomic E-state index is 0.00292. The Labute approximate surface area is 221 Å². The summed E-state index contributed by atoms with van der Waals surface area (Å²) in [6, 6.07) is 20.2. The summed E-state index contributed by atoms with van der Waals surface area (Å²) in [5, 5.41) is 0. The van der Waals surface area contributed by atoms with Crippen LogP contribution in [0.1, 0.15) is 40.8 Å². The van der Waals surface area contributed by atoms with Gasteiger partial charge in [-0.2, -0.15) is 0 Å². The van der Waals surface area contributed by atoms with Crippen LogP contribution < -0.4 is 4.90 Å². The molecule has 0 radical (unpaired) electrons. The zero-order chi connectivity index (χ0) is 25.9. The fourth-order valence-corrected chi connectivity index (χ4v) is 7.77. The molecule has 0 bridgehead atoms. The van der Waals surface area contributed by atoms with Crippen molar-refractivity contribution in [3.05, 3.63) is 88.6 Å². The number of hydrogen-bond acceptors (Lipinski definition) is 5. The molecule has 1 unspecified atom stereocenters. The predicted octanol–water partition coefficient (Wildman–Crippen LogP) is 5.06. The van der Waals surface area contributed by atoms with Crippen molar-refractivity contribution in [2.24, 2.45) is 11.8 Å². The number of carbonyl (C=O) groups is 2. The second kappa shape index (κ2) is 7.35. The normalized spacial score (nSPS) is 27.3. The lowest BCUT2D eigenvalue weighted by molar-refractivity contribution is -0.124. The van der Waals surface area contributed by atoms with Crippen molar-refractivity contribution < 1.29 is 9.59 Å². The van der Waals surface area contributed by atoms with Crippen LogP contribution in [0.3, 0.4) is 0 Å². The smallest absolute Gasteiger partial charge is 0.240 e. The Morgan fingerprint density at radius 3 is 2.34 bits per heavy atom. The van der Waals surface area contributed by atoms with Gasteiger partial charge in [0.2, 0.25) is 11.8 Å². The summed E-state index contributed by atoms with van der Waals surface area (Å²) in [6.45, 7) is 7.03. The van der Waals surface area contributed by atoms with E-state index in [1.165, 1.54) is 10.5 Å². The molecule has 1 spiro atoms. The van der Waals surface area contributed by atoms with Crippen molar-refractivity contribution in [2.45, 2.75) is 45.2 Å². The highest BCUT2D eigenvalue weighted by molar-refractivity contribution is 6.23. The molecular formula is C32H28N4O2. The van der Waals surface area contributed by atoms with E-state index in [0.29, 0.717) is 5.69 Å². The van der Waals surface area contributed by atoms with E-state index in [4.69, 9.17) is 9.97 Å². The lowest BCUT2D eigenvalue weighted by Crippen LogP contribution is -2.50. The molecule has 4 aromatic rings. The second-order valence-corrected chi connectivity index (χ2v) is 11.4. The van der Waals surface area contributed by atoms with Gasteiger partial charge in [-0.25, -0.2) is 14.9 Å². The molecule has 6 heteroatoms. The topological polar surface area (TPSA) is 66.4 Å². The number of benzene rings is 3. The number of hydrogen-bond donors (Lipinski definition) is 0. The fraction of sp³-hybridized carbons (Fsp3) is 0.312. The molecule has 0 N–H and O–H groups in total. The molecule has 38 heavy (non-hydrogen) atoms. The summed E-state index contributed by atoms with van der Waals surface area (Å²) in [4.78, 5) is 43.0. The van der Waals surface area contributed by atoms with Gasteiger partial charge >= 0.3 is 0 Å². The molecule has 1 aromatic heterocycles. The van der Waals surface area contributed by atoms with E-state index in [1.54, 1.807) is 0 Å². The maximum Gasteiger partial charge on any atom is 0.240 e. The van der Waals surface area contributed by atoms with E-state index in [9.17, 15) is 9.59 Å². The third-order valence-corrected chi connectivity index (χ3v) is 9.49. The molecule has 4 aliphatic rings. The second-order valence-electron chi connectivity index (χ2n) is 11.4. The maximum absolute atomic E-state index is 14.5. The van der Waals surface area contributed by atoms with Crippen molar-refractivity contribution in [3.63, 3.8) is 0 Å².